The van der Waals surface area contributed by atoms with Crippen molar-refractivity contribution in [2.75, 3.05) is 0 Å². The number of benzene rings is 3. The van der Waals surface area contributed by atoms with Crippen LogP contribution in [0, 0.1) is 0 Å². The van der Waals surface area contributed by atoms with E-state index in [0.717, 1.165) is 14.6 Å². The molecule has 35 heavy (non-hydrogen) atoms. The van der Waals surface area contributed by atoms with E-state index < -0.39 is 11.9 Å². The number of halogens is 4. The highest BCUT2D eigenvalue weighted by Gasteiger charge is 2.28. The molecule has 0 aliphatic carbocycles. The number of carbonyl (C=O) groups excluding carboxylic acids is 2. The van der Waals surface area contributed by atoms with Crippen LogP contribution < -0.4 is 4.74 Å². The number of thiophene rings is 1. The Morgan fingerprint density at radius 2 is 1.74 bits per heavy atom. The molecule has 0 unspecified atom stereocenters. The van der Waals surface area contributed by atoms with E-state index in [1.807, 2.05) is 0 Å². The van der Waals surface area contributed by atoms with Crippen molar-refractivity contribution >= 4 is 96.1 Å². The minimum atomic E-state index is -0.651. The van der Waals surface area contributed by atoms with Crippen LogP contribution in [-0.4, -0.2) is 17.8 Å². The number of ether oxygens (including phenoxy) is 2. The number of cyclic esters (lactones) is 1. The van der Waals surface area contributed by atoms with Gasteiger partial charge in [0.15, 0.2) is 5.70 Å². The third-order valence-electron chi connectivity index (χ3n) is 4.95. The van der Waals surface area contributed by atoms with Gasteiger partial charge in [-0.2, -0.15) is 0 Å². The summed E-state index contributed by atoms with van der Waals surface area (Å²) in [6.45, 7) is 0. The van der Waals surface area contributed by atoms with E-state index in [-0.39, 0.29) is 17.3 Å². The average Bonchev–Trinajstić information content (AvgIpc) is 3.34. The van der Waals surface area contributed by atoms with E-state index in [2.05, 4.69) is 20.9 Å². The first-order valence-corrected chi connectivity index (χ1v) is 12.7. The number of rotatable bonds is 4. The predicted octanol–water partition coefficient (Wildman–Crippen LogP) is 8.19. The molecule has 3 aromatic carbocycles. The summed E-state index contributed by atoms with van der Waals surface area (Å²) in [5.74, 6) is -0.885. The maximum absolute atomic E-state index is 12.6. The minimum absolute atomic E-state index is 0.0356. The summed E-state index contributed by atoms with van der Waals surface area (Å²) >= 11 is 23.2. The second-order valence-electron chi connectivity index (χ2n) is 7.30. The van der Waals surface area contributed by atoms with Crippen molar-refractivity contribution in [3.05, 3.63) is 102 Å². The van der Waals surface area contributed by atoms with E-state index in [9.17, 15) is 9.59 Å². The molecule has 1 aromatic heterocycles. The van der Waals surface area contributed by atoms with Gasteiger partial charge in [0, 0.05) is 30.2 Å². The normalized spacial score (nSPS) is 14.3. The Hall–Kier alpha value is -2.68. The van der Waals surface area contributed by atoms with E-state index >= 15 is 0 Å². The fourth-order valence-corrected chi connectivity index (χ4v) is 5.52. The zero-order valence-corrected chi connectivity index (χ0v) is 22.0. The van der Waals surface area contributed by atoms with Gasteiger partial charge in [-0.05, 0) is 60.7 Å². The monoisotopic (exact) mass is 605 g/mol. The van der Waals surface area contributed by atoms with Gasteiger partial charge in [0.1, 0.15) is 10.6 Å². The summed E-state index contributed by atoms with van der Waals surface area (Å²) in [4.78, 5) is 30.1. The Morgan fingerprint density at radius 1 is 1.00 bits per heavy atom. The van der Waals surface area contributed by atoms with Crippen molar-refractivity contribution in [2.24, 2.45) is 4.99 Å². The predicted molar refractivity (Wildman–Crippen MR) is 143 cm³/mol. The summed E-state index contributed by atoms with van der Waals surface area (Å²) < 4.78 is 12.5. The van der Waals surface area contributed by atoms with Gasteiger partial charge in [-0.25, -0.2) is 14.6 Å². The van der Waals surface area contributed by atoms with Crippen LogP contribution in [0.1, 0.15) is 20.8 Å². The van der Waals surface area contributed by atoms with Gasteiger partial charge >= 0.3 is 11.9 Å². The number of nitrogens with zero attached hydrogens (tertiary/aromatic N) is 1. The molecule has 0 radical (unpaired) electrons. The number of fused-ring (bicyclic) bond motifs is 1. The molecule has 0 atom stereocenters. The Kier molecular flexibility index (Phi) is 6.70. The molecule has 1 aliphatic rings. The van der Waals surface area contributed by atoms with Crippen LogP contribution in [0.15, 0.2) is 75.8 Å². The highest BCUT2D eigenvalue weighted by molar-refractivity contribution is 9.10. The topological polar surface area (TPSA) is 65.0 Å². The summed E-state index contributed by atoms with van der Waals surface area (Å²) in [5.41, 5.74) is 0.817. The summed E-state index contributed by atoms with van der Waals surface area (Å²) in [6.07, 6.45) is 1.49. The van der Waals surface area contributed by atoms with Crippen molar-refractivity contribution in [2.45, 2.75) is 0 Å². The maximum atomic E-state index is 12.6. The Bertz CT molecular complexity index is 1580. The molecule has 0 saturated heterocycles. The molecule has 0 N–H and O–H groups in total. The second kappa shape index (κ2) is 9.76. The lowest BCUT2D eigenvalue weighted by atomic mass is 10.1. The third-order valence-corrected chi connectivity index (χ3v) is 7.58. The fraction of sp³-hybridized carbons (Fsp3) is 0. The highest BCUT2D eigenvalue weighted by Crippen LogP contribution is 2.39. The molecular weight excluding hydrogens is 597 g/mol. The Balaban J connectivity index is 1.49. The minimum Gasteiger partial charge on any atom is -0.422 e. The standard InChI is InChI=1S/C25H11BrCl3NO4S/c26-14-3-8-19(33-24(31)12-1-4-15(27)5-2-12)13(9-14)10-18-25(32)34-23(30-18)22-21(29)17-7-6-16(28)11-20(17)35-22/h1-11H/b18-10+. The molecule has 0 spiro atoms. The molecule has 0 saturated carbocycles. The Labute approximate surface area is 226 Å². The Morgan fingerprint density at radius 3 is 2.51 bits per heavy atom. The van der Waals surface area contributed by atoms with E-state index in [4.69, 9.17) is 44.3 Å². The number of hydrogen-bond donors (Lipinski definition) is 0. The summed E-state index contributed by atoms with van der Waals surface area (Å²) in [5, 5.41) is 2.29. The van der Waals surface area contributed by atoms with Crippen molar-refractivity contribution in [3.8, 4) is 5.75 Å². The van der Waals surface area contributed by atoms with Crippen molar-refractivity contribution in [1.29, 1.82) is 0 Å². The lowest BCUT2D eigenvalue weighted by Gasteiger charge is -2.08. The molecular formula is C25H11BrCl3NO4S. The molecule has 1 aliphatic heterocycles. The molecule has 4 aromatic rings. The molecule has 2 heterocycles. The van der Waals surface area contributed by atoms with Gasteiger partial charge in [0.2, 0.25) is 5.90 Å². The molecule has 174 valence electrons. The van der Waals surface area contributed by atoms with Crippen LogP contribution in [0.25, 0.3) is 16.2 Å². The second-order valence-corrected chi connectivity index (χ2v) is 10.5. The van der Waals surface area contributed by atoms with E-state index in [0.29, 0.717) is 31.1 Å². The molecule has 5 nitrogen and oxygen atoms in total. The first kappa shape index (κ1) is 24.0. The molecule has 0 amide bonds. The number of carbonyl (C=O) groups is 2. The largest absolute Gasteiger partial charge is 0.422 e. The molecule has 0 bridgehead atoms. The van der Waals surface area contributed by atoms with Gasteiger partial charge in [-0.1, -0.05) is 56.8 Å². The first-order valence-electron chi connectivity index (χ1n) is 9.96. The number of hydrogen-bond acceptors (Lipinski definition) is 6. The van der Waals surface area contributed by atoms with Gasteiger partial charge < -0.3 is 9.47 Å². The smallest absolute Gasteiger partial charge is 0.363 e. The lowest BCUT2D eigenvalue weighted by molar-refractivity contribution is -0.129. The van der Waals surface area contributed by atoms with Crippen molar-refractivity contribution in [1.82, 2.24) is 0 Å². The maximum Gasteiger partial charge on any atom is 0.363 e. The highest BCUT2D eigenvalue weighted by atomic mass is 79.9. The van der Waals surface area contributed by atoms with Crippen LogP contribution in [0.5, 0.6) is 5.75 Å². The van der Waals surface area contributed by atoms with Gasteiger partial charge in [0.05, 0.1) is 10.6 Å². The zero-order valence-electron chi connectivity index (χ0n) is 17.4. The van der Waals surface area contributed by atoms with Crippen LogP contribution in [0.4, 0.5) is 0 Å². The van der Waals surface area contributed by atoms with Crippen molar-refractivity contribution in [3.63, 3.8) is 0 Å². The van der Waals surface area contributed by atoms with Crippen LogP contribution in [-0.2, 0) is 9.53 Å². The van der Waals surface area contributed by atoms with Crippen molar-refractivity contribution < 1.29 is 19.1 Å². The van der Waals surface area contributed by atoms with Gasteiger partial charge in [-0.3, -0.25) is 0 Å². The van der Waals surface area contributed by atoms with Crippen LogP contribution in [0.2, 0.25) is 15.1 Å². The third kappa shape index (κ3) is 5.01. The zero-order chi connectivity index (χ0) is 24.7. The lowest BCUT2D eigenvalue weighted by Crippen LogP contribution is -2.09. The van der Waals surface area contributed by atoms with Crippen LogP contribution in [0.3, 0.4) is 0 Å². The quantitative estimate of drug-likeness (QED) is 0.133. The number of esters is 2. The fourth-order valence-electron chi connectivity index (χ4n) is 3.30. The molecule has 5 rings (SSSR count). The molecule has 0 fully saturated rings. The average molecular weight is 608 g/mol. The SMILES string of the molecule is O=C1OC(c2sc3cc(Cl)ccc3c2Cl)=N/C1=C/c1cc(Br)ccc1OC(=O)c1ccc(Cl)cc1. The first-order chi connectivity index (χ1) is 16.8. The van der Waals surface area contributed by atoms with Crippen LogP contribution >= 0.6 is 62.1 Å². The van der Waals surface area contributed by atoms with E-state index in [1.54, 1.807) is 60.7 Å². The van der Waals surface area contributed by atoms with Gasteiger partial charge in [-0.15, -0.1) is 11.3 Å². The number of aliphatic imine (C=N–C) groups is 1. The molecule has 10 heteroatoms. The summed E-state index contributed by atoms with van der Waals surface area (Å²) in [7, 11) is 0. The van der Waals surface area contributed by atoms with Gasteiger partial charge in [0.25, 0.3) is 0 Å². The van der Waals surface area contributed by atoms with E-state index in [1.165, 1.54) is 17.4 Å². The summed E-state index contributed by atoms with van der Waals surface area (Å²) in [6, 6.07) is 16.7.